The number of rotatable bonds is 3. The molecule has 0 radical (unpaired) electrons. The Balaban J connectivity index is 2.77. The number of sulfonamides is 1. The maximum absolute atomic E-state index is 11.5. The fraction of sp³-hybridized carbons (Fsp3) is 0.778. The highest BCUT2D eigenvalue weighted by Gasteiger charge is 2.36. The molecule has 1 atom stereocenters. The molecule has 7 heteroatoms. The van der Waals surface area contributed by atoms with E-state index in [0.717, 1.165) is 10.6 Å². The van der Waals surface area contributed by atoms with Gasteiger partial charge in [-0.05, 0) is 6.92 Å². The van der Waals surface area contributed by atoms with Gasteiger partial charge < -0.3 is 4.74 Å². The predicted octanol–water partition coefficient (Wildman–Crippen LogP) is -0.600. The number of esters is 1. The van der Waals surface area contributed by atoms with Crippen LogP contribution in [0.4, 0.5) is 0 Å². The Kier molecular flexibility index (Phi) is 4.03. The lowest BCUT2D eigenvalue weighted by Crippen LogP contribution is -2.46. The predicted molar refractivity (Wildman–Crippen MR) is 56.2 cm³/mol. The summed E-state index contributed by atoms with van der Waals surface area (Å²) in [6, 6.07) is 0. The molecule has 0 spiro atoms. The van der Waals surface area contributed by atoms with Crippen molar-refractivity contribution in [3.63, 3.8) is 0 Å². The minimum Gasteiger partial charge on any atom is -0.465 e. The van der Waals surface area contributed by atoms with Crippen molar-refractivity contribution in [3.05, 3.63) is 0 Å². The van der Waals surface area contributed by atoms with Gasteiger partial charge in [-0.1, -0.05) is 0 Å². The molecule has 0 saturated carbocycles. The zero-order valence-electron chi connectivity index (χ0n) is 9.30. The molecule has 92 valence electrons. The zero-order valence-corrected chi connectivity index (χ0v) is 10.1. The highest BCUT2D eigenvalue weighted by Crippen LogP contribution is 2.16. The lowest BCUT2D eigenvalue weighted by molar-refractivity contribution is -0.153. The quantitative estimate of drug-likeness (QED) is 0.493. The summed E-state index contributed by atoms with van der Waals surface area (Å²) in [5.41, 5.74) is 0. The zero-order chi connectivity index (χ0) is 12.3. The van der Waals surface area contributed by atoms with Crippen LogP contribution in [0.1, 0.15) is 13.3 Å². The SMILES string of the molecule is CCOC(=O)C1CN(S(C)(=O)=O)CCC1=O. The lowest BCUT2D eigenvalue weighted by atomic mass is 9.98. The van der Waals surface area contributed by atoms with Crippen LogP contribution in [0.25, 0.3) is 0 Å². The van der Waals surface area contributed by atoms with Crippen molar-refractivity contribution < 1.29 is 22.7 Å². The van der Waals surface area contributed by atoms with Gasteiger partial charge in [0.25, 0.3) is 0 Å². The Labute approximate surface area is 94.6 Å². The van der Waals surface area contributed by atoms with E-state index >= 15 is 0 Å². The van der Waals surface area contributed by atoms with Gasteiger partial charge in [0.15, 0.2) is 0 Å². The van der Waals surface area contributed by atoms with E-state index in [4.69, 9.17) is 4.74 Å². The number of hydrogen-bond donors (Lipinski definition) is 0. The van der Waals surface area contributed by atoms with Crippen molar-refractivity contribution in [3.8, 4) is 0 Å². The standard InChI is InChI=1S/C9H15NO5S/c1-3-15-9(12)7-6-10(16(2,13)14)5-4-8(7)11/h7H,3-6H2,1-2H3. The Morgan fingerprint density at radius 1 is 1.56 bits per heavy atom. The van der Waals surface area contributed by atoms with Gasteiger partial charge in [0, 0.05) is 19.5 Å². The molecule has 0 N–H and O–H groups in total. The Morgan fingerprint density at radius 2 is 2.19 bits per heavy atom. The molecule has 1 aliphatic rings. The first kappa shape index (κ1) is 13.1. The molecule has 0 aliphatic carbocycles. The number of ketones is 1. The van der Waals surface area contributed by atoms with Gasteiger partial charge in [0.1, 0.15) is 11.7 Å². The Bertz CT molecular complexity index is 389. The molecule has 1 saturated heterocycles. The van der Waals surface area contributed by atoms with Crippen molar-refractivity contribution >= 4 is 21.8 Å². The summed E-state index contributed by atoms with van der Waals surface area (Å²) in [6.45, 7) is 1.87. The smallest absolute Gasteiger partial charge is 0.317 e. The lowest BCUT2D eigenvalue weighted by Gasteiger charge is -2.28. The molecule has 0 bridgehead atoms. The van der Waals surface area contributed by atoms with E-state index in [0.29, 0.717) is 0 Å². The first-order chi connectivity index (χ1) is 7.36. The highest BCUT2D eigenvalue weighted by molar-refractivity contribution is 7.88. The third-order valence-corrected chi connectivity index (χ3v) is 3.69. The normalized spacial score (nSPS) is 23.1. The summed E-state index contributed by atoms with van der Waals surface area (Å²) in [5, 5.41) is 0. The molecular formula is C9H15NO5S. The number of ether oxygens (including phenoxy) is 1. The average Bonchev–Trinajstić information content (AvgIpc) is 2.16. The first-order valence-corrected chi connectivity index (χ1v) is 6.85. The van der Waals surface area contributed by atoms with Crippen LogP contribution in [0.2, 0.25) is 0 Å². The summed E-state index contributed by atoms with van der Waals surface area (Å²) in [7, 11) is -3.36. The monoisotopic (exact) mass is 249 g/mol. The van der Waals surface area contributed by atoms with Crippen molar-refractivity contribution in [2.24, 2.45) is 5.92 Å². The van der Waals surface area contributed by atoms with E-state index in [9.17, 15) is 18.0 Å². The largest absolute Gasteiger partial charge is 0.465 e. The molecule has 0 aromatic heterocycles. The summed E-state index contributed by atoms with van der Waals surface area (Å²) in [6.07, 6.45) is 1.13. The van der Waals surface area contributed by atoms with Crippen LogP contribution in [-0.4, -0.2) is 50.4 Å². The average molecular weight is 249 g/mol. The minimum absolute atomic E-state index is 0.0660. The molecular weight excluding hydrogens is 234 g/mol. The third-order valence-electron chi connectivity index (χ3n) is 2.42. The molecule has 1 unspecified atom stereocenters. The van der Waals surface area contributed by atoms with E-state index in [1.807, 2.05) is 0 Å². The van der Waals surface area contributed by atoms with Crippen LogP contribution in [0.5, 0.6) is 0 Å². The third kappa shape index (κ3) is 3.02. The Hall–Kier alpha value is -0.950. The number of carbonyl (C=O) groups is 2. The number of Topliss-reactive ketones (excluding diaryl/α,β-unsaturated/α-hetero) is 1. The highest BCUT2D eigenvalue weighted by atomic mass is 32.2. The number of nitrogens with zero attached hydrogens (tertiary/aromatic N) is 1. The molecule has 1 fully saturated rings. The topological polar surface area (TPSA) is 80.8 Å². The van der Waals surface area contributed by atoms with E-state index < -0.39 is 21.9 Å². The second-order valence-corrected chi connectivity index (χ2v) is 5.62. The van der Waals surface area contributed by atoms with Crippen LogP contribution < -0.4 is 0 Å². The second-order valence-electron chi connectivity index (χ2n) is 3.64. The van der Waals surface area contributed by atoms with Gasteiger partial charge in [-0.2, -0.15) is 0 Å². The van der Waals surface area contributed by atoms with Crippen molar-refractivity contribution in [1.82, 2.24) is 4.31 Å². The van der Waals surface area contributed by atoms with E-state index in [1.165, 1.54) is 0 Å². The van der Waals surface area contributed by atoms with Gasteiger partial charge in [-0.3, -0.25) is 9.59 Å². The molecule has 0 aromatic rings. The minimum atomic E-state index is -3.36. The molecule has 0 aromatic carbocycles. The van der Waals surface area contributed by atoms with Gasteiger partial charge in [0.05, 0.1) is 12.9 Å². The number of piperidine rings is 1. The molecule has 1 aliphatic heterocycles. The van der Waals surface area contributed by atoms with Crippen molar-refractivity contribution in [1.29, 1.82) is 0 Å². The molecule has 1 rings (SSSR count). The van der Waals surface area contributed by atoms with E-state index in [1.54, 1.807) is 6.92 Å². The van der Waals surface area contributed by atoms with Crippen LogP contribution in [0.3, 0.4) is 0 Å². The van der Waals surface area contributed by atoms with E-state index in [2.05, 4.69) is 0 Å². The van der Waals surface area contributed by atoms with Crippen LogP contribution in [0, 0.1) is 5.92 Å². The summed E-state index contributed by atoms with van der Waals surface area (Å²) in [5.74, 6) is -1.86. The van der Waals surface area contributed by atoms with Crippen LogP contribution in [0.15, 0.2) is 0 Å². The first-order valence-electron chi connectivity index (χ1n) is 5.00. The van der Waals surface area contributed by atoms with Gasteiger partial charge in [-0.15, -0.1) is 0 Å². The van der Waals surface area contributed by atoms with Crippen LogP contribution >= 0.6 is 0 Å². The maximum Gasteiger partial charge on any atom is 0.317 e. The fourth-order valence-corrected chi connectivity index (χ4v) is 2.40. The molecule has 16 heavy (non-hydrogen) atoms. The molecule has 0 amide bonds. The summed E-state index contributed by atoms with van der Waals surface area (Å²) >= 11 is 0. The van der Waals surface area contributed by atoms with Crippen molar-refractivity contribution in [2.75, 3.05) is 26.0 Å². The van der Waals surface area contributed by atoms with Crippen LogP contribution in [-0.2, 0) is 24.3 Å². The van der Waals surface area contributed by atoms with Crippen molar-refractivity contribution in [2.45, 2.75) is 13.3 Å². The maximum atomic E-state index is 11.5. The Morgan fingerprint density at radius 3 is 2.69 bits per heavy atom. The fourth-order valence-electron chi connectivity index (χ4n) is 1.56. The number of carbonyl (C=O) groups excluding carboxylic acids is 2. The van der Waals surface area contributed by atoms with Gasteiger partial charge in [-0.25, -0.2) is 12.7 Å². The van der Waals surface area contributed by atoms with E-state index in [-0.39, 0.29) is 31.9 Å². The second kappa shape index (κ2) is 4.92. The van der Waals surface area contributed by atoms with Gasteiger partial charge in [0.2, 0.25) is 10.0 Å². The van der Waals surface area contributed by atoms with Gasteiger partial charge >= 0.3 is 5.97 Å². The molecule has 6 nitrogen and oxygen atoms in total. The summed E-state index contributed by atoms with van der Waals surface area (Å²) < 4.78 is 28.4. The molecule has 1 heterocycles. The number of hydrogen-bond acceptors (Lipinski definition) is 5. The summed E-state index contributed by atoms with van der Waals surface area (Å²) in [4.78, 5) is 22.9.